The Bertz CT molecular complexity index is 1390. The van der Waals surface area contributed by atoms with Crippen molar-refractivity contribution in [2.75, 3.05) is 18.5 Å². The van der Waals surface area contributed by atoms with Gasteiger partial charge in [0.2, 0.25) is 0 Å². The highest BCUT2D eigenvalue weighted by atomic mass is 16.5. The van der Waals surface area contributed by atoms with Crippen LogP contribution >= 0.6 is 0 Å². The number of ether oxygens (including phenoxy) is 2. The molecule has 0 fully saturated rings. The Kier molecular flexibility index (Phi) is 8.70. The fourth-order valence-electron chi connectivity index (χ4n) is 3.49. The van der Waals surface area contributed by atoms with Gasteiger partial charge in [-0.1, -0.05) is 35.9 Å². The molecule has 192 valence electrons. The van der Waals surface area contributed by atoms with E-state index in [9.17, 15) is 14.4 Å². The SMILES string of the molecule is Cc1cccc(C(=O)Nc2ccc(C(=O)NNC(=O)c3ccc(OCCOc4ccccc4)cc3)cc2)c1. The van der Waals surface area contributed by atoms with Crippen LogP contribution in [0.25, 0.3) is 0 Å². The van der Waals surface area contributed by atoms with Gasteiger partial charge in [0.25, 0.3) is 17.7 Å². The first kappa shape index (κ1) is 26.0. The number of carbonyl (C=O) groups excluding carboxylic acids is 3. The summed E-state index contributed by atoms with van der Waals surface area (Å²) in [4.78, 5) is 37.2. The fourth-order valence-corrected chi connectivity index (χ4v) is 3.49. The van der Waals surface area contributed by atoms with Crippen molar-refractivity contribution < 1.29 is 23.9 Å². The first-order valence-corrected chi connectivity index (χ1v) is 12.0. The first-order chi connectivity index (χ1) is 18.5. The summed E-state index contributed by atoms with van der Waals surface area (Å²) in [5.74, 6) is 0.158. The Morgan fingerprint density at radius 2 is 1.13 bits per heavy atom. The number of para-hydroxylation sites is 1. The minimum Gasteiger partial charge on any atom is -0.490 e. The number of benzene rings is 4. The van der Waals surface area contributed by atoms with Crippen LogP contribution in [0.4, 0.5) is 5.69 Å². The van der Waals surface area contributed by atoms with E-state index in [1.165, 1.54) is 0 Å². The van der Waals surface area contributed by atoms with Crippen LogP contribution in [0.15, 0.2) is 103 Å². The second kappa shape index (κ2) is 12.7. The zero-order valence-electron chi connectivity index (χ0n) is 20.8. The molecule has 0 aliphatic rings. The van der Waals surface area contributed by atoms with Gasteiger partial charge in [-0.25, -0.2) is 0 Å². The molecule has 4 aromatic carbocycles. The van der Waals surface area contributed by atoms with Gasteiger partial charge in [0.1, 0.15) is 24.7 Å². The minimum atomic E-state index is -0.492. The van der Waals surface area contributed by atoms with Crippen molar-refractivity contribution in [3.05, 3.63) is 125 Å². The molecular formula is C30H27N3O5. The Hall–Kier alpha value is -5.11. The molecule has 0 bridgehead atoms. The number of nitrogens with one attached hydrogen (secondary N) is 3. The maximum Gasteiger partial charge on any atom is 0.269 e. The average molecular weight is 510 g/mol. The van der Waals surface area contributed by atoms with E-state index in [0.29, 0.717) is 41.3 Å². The number of hydrogen-bond acceptors (Lipinski definition) is 5. The summed E-state index contributed by atoms with van der Waals surface area (Å²) in [6.07, 6.45) is 0. The van der Waals surface area contributed by atoms with Crippen molar-refractivity contribution in [3.8, 4) is 11.5 Å². The maximum atomic E-state index is 12.4. The third-order valence-electron chi connectivity index (χ3n) is 5.46. The smallest absolute Gasteiger partial charge is 0.269 e. The summed E-state index contributed by atoms with van der Waals surface area (Å²) in [7, 11) is 0. The molecular weight excluding hydrogens is 482 g/mol. The van der Waals surface area contributed by atoms with Crippen LogP contribution in [0, 0.1) is 6.92 Å². The van der Waals surface area contributed by atoms with Crippen molar-refractivity contribution >= 4 is 23.4 Å². The van der Waals surface area contributed by atoms with Gasteiger partial charge in [0, 0.05) is 22.4 Å². The van der Waals surface area contributed by atoms with E-state index >= 15 is 0 Å². The van der Waals surface area contributed by atoms with Gasteiger partial charge < -0.3 is 14.8 Å². The second-order valence-electron chi connectivity index (χ2n) is 8.34. The second-order valence-corrected chi connectivity index (χ2v) is 8.34. The van der Waals surface area contributed by atoms with E-state index in [0.717, 1.165) is 11.3 Å². The zero-order valence-corrected chi connectivity index (χ0v) is 20.8. The highest BCUT2D eigenvalue weighted by molar-refractivity contribution is 6.05. The van der Waals surface area contributed by atoms with Crippen molar-refractivity contribution in [2.45, 2.75) is 6.92 Å². The summed E-state index contributed by atoms with van der Waals surface area (Å²) in [5, 5.41) is 2.79. The normalized spacial score (nSPS) is 10.2. The number of aryl methyl sites for hydroxylation is 1. The van der Waals surface area contributed by atoms with Gasteiger partial charge in [0.15, 0.2) is 0 Å². The molecule has 0 spiro atoms. The quantitative estimate of drug-likeness (QED) is 0.222. The standard InChI is InChI=1S/C30H27N3O5/c1-21-6-5-7-24(20-21)28(34)31-25-14-10-22(11-15-25)29(35)32-33-30(36)23-12-16-27(17-13-23)38-19-18-37-26-8-3-2-4-9-26/h2-17,20H,18-19H2,1H3,(H,31,34)(H,32,35)(H,33,36). The van der Waals surface area contributed by atoms with Crippen molar-refractivity contribution in [2.24, 2.45) is 0 Å². The van der Waals surface area contributed by atoms with Gasteiger partial charge >= 0.3 is 0 Å². The van der Waals surface area contributed by atoms with Crippen LogP contribution < -0.4 is 25.6 Å². The molecule has 0 saturated carbocycles. The molecule has 0 aliphatic heterocycles. The summed E-state index contributed by atoms with van der Waals surface area (Å²) in [6.45, 7) is 2.65. The Morgan fingerprint density at radius 1 is 0.579 bits per heavy atom. The number of hydrogen-bond donors (Lipinski definition) is 3. The van der Waals surface area contributed by atoms with E-state index < -0.39 is 11.8 Å². The lowest BCUT2D eigenvalue weighted by Crippen LogP contribution is -2.41. The molecule has 3 amide bonds. The topological polar surface area (TPSA) is 106 Å². The lowest BCUT2D eigenvalue weighted by Gasteiger charge is -2.10. The van der Waals surface area contributed by atoms with Gasteiger partial charge in [-0.15, -0.1) is 0 Å². The number of amides is 3. The highest BCUT2D eigenvalue weighted by Gasteiger charge is 2.11. The van der Waals surface area contributed by atoms with E-state index in [4.69, 9.17) is 9.47 Å². The zero-order chi connectivity index (χ0) is 26.7. The first-order valence-electron chi connectivity index (χ1n) is 12.0. The third kappa shape index (κ3) is 7.44. The van der Waals surface area contributed by atoms with Crippen molar-refractivity contribution in [1.29, 1.82) is 0 Å². The lowest BCUT2D eigenvalue weighted by atomic mass is 10.1. The molecule has 0 radical (unpaired) electrons. The third-order valence-corrected chi connectivity index (χ3v) is 5.46. The van der Waals surface area contributed by atoms with E-state index in [1.54, 1.807) is 60.7 Å². The van der Waals surface area contributed by atoms with E-state index in [2.05, 4.69) is 16.2 Å². The Balaban J connectivity index is 1.20. The Labute approximate surface area is 220 Å². The Morgan fingerprint density at radius 3 is 1.71 bits per heavy atom. The summed E-state index contributed by atoms with van der Waals surface area (Å²) in [5.41, 5.74) is 7.53. The number of hydrazine groups is 1. The maximum absolute atomic E-state index is 12.4. The molecule has 8 heteroatoms. The van der Waals surface area contributed by atoms with Crippen molar-refractivity contribution in [3.63, 3.8) is 0 Å². The highest BCUT2D eigenvalue weighted by Crippen LogP contribution is 2.14. The molecule has 0 aromatic heterocycles. The van der Waals surface area contributed by atoms with Crippen LogP contribution in [0.2, 0.25) is 0 Å². The number of anilines is 1. The molecule has 3 N–H and O–H groups in total. The molecule has 0 unspecified atom stereocenters. The molecule has 0 heterocycles. The molecule has 4 rings (SSSR count). The number of rotatable bonds is 9. The van der Waals surface area contributed by atoms with Gasteiger partial charge in [0.05, 0.1) is 0 Å². The molecule has 38 heavy (non-hydrogen) atoms. The van der Waals surface area contributed by atoms with E-state index in [1.807, 2.05) is 49.4 Å². The molecule has 0 saturated heterocycles. The van der Waals surface area contributed by atoms with Crippen LogP contribution in [0.3, 0.4) is 0 Å². The van der Waals surface area contributed by atoms with Gasteiger partial charge in [-0.2, -0.15) is 0 Å². The molecule has 8 nitrogen and oxygen atoms in total. The largest absolute Gasteiger partial charge is 0.490 e. The van der Waals surface area contributed by atoms with Crippen molar-refractivity contribution in [1.82, 2.24) is 10.9 Å². The lowest BCUT2D eigenvalue weighted by molar-refractivity contribution is 0.0846. The summed E-state index contributed by atoms with van der Waals surface area (Å²) >= 11 is 0. The molecule has 0 atom stereocenters. The van der Waals surface area contributed by atoms with Crippen LogP contribution in [0.5, 0.6) is 11.5 Å². The van der Waals surface area contributed by atoms with Gasteiger partial charge in [-0.05, 0) is 79.7 Å². The average Bonchev–Trinajstić information content (AvgIpc) is 2.95. The molecule has 0 aliphatic carbocycles. The summed E-state index contributed by atoms with van der Waals surface area (Å²) < 4.78 is 11.2. The van der Waals surface area contributed by atoms with Crippen LogP contribution in [0.1, 0.15) is 36.6 Å². The predicted octanol–water partition coefficient (Wildman–Crippen LogP) is 4.78. The minimum absolute atomic E-state index is 0.241. The summed E-state index contributed by atoms with van der Waals surface area (Å²) in [6, 6.07) is 29.6. The van der Waals surface area contributed by atoms with Crippen LogP contribution in [-0.2, 0) is 0 Å². The predicted molar refractivity (Wildman–Crippen MR) is 144 cm³/mol. The fraction of sp³-hybridized carbons (Fsp3) is 0.100. The number of carbonyl (C=O) groups is 3. The molecule has 4 aromatic rings. The van der Waals surface area contributed by atoms with E-state index in [-0.39, 0.29) is 5.91 Å². The monoisotopic (exact) mass is 509 g/mol. The van der Waals surface area contributed by atoms with Crippen LogP contribution in [-0.4, -0.2) is 30.9 Å². The van der Waals surface area contributed by atoms with Gasteiger partial charge in [-0.3, -0.25) is 25.2 Å².